The number of nitrogens with zero attached hydrogens (tertiary/aromatic N) is 2. The van der Waals surface area contributed by atoms with Crippen LogP contribution in [0.25, 0.3) is 0 Å². The van der Waals surface area contributed by atoms with E-state index in [1.807, 2.05) is 24.3 Å². The van der Waals surface area contributed by atoms with Crippen LogP contribution in [0.5, 0.6) is 0 Å². The fourth-order valence-corrected chi connectivity index (χ4v) is 3.34. The van der Waals surface area contributed by atoms with E-state index in [1.165, 1.54) is 19.4 Å². The number of amides is 3. The van der Waals surface area contributed by atoms with Crippen LogP contribution >= 0.6 is 0 Å². The molecule has 2 aromatic carbocycles. The number of carbonyl (C=O) groups is 3. The Hall–Kier alpha value is -3.15. The number of benzene rings is 2. The summed E-state index contributed by atoms with van der Waals surface area (Å²) in [7, 11) is 0. The molecule has 0 radical (unpaired) electrons. The predicted octanol–water partition coefficient (Wildman–Crippen LogP) is 2.98. The molecule has 27 heavy (non-hydrogen) atoms. The molecule has 1 aliphatic heterocycles. The molecule has 0 aliphatic carbocycles. The van der Waals surface area contributed by atoms with Crippen molar-refractivity contribution in [2.24, 2.45) is 0 Å². The van der Waals surface area contributed by atoms with Gasteiger partial charge in [0.2, 0.25) is 17.7 Å². The van der Waals surface area contributed by atoms with Crippen LogP contribution in [0.1, 0.15) is 25.8 Å². The van der Waals surface area contributed by atoms with Gasteiger partial charge in [-0.2, -0.15) is 0 Å². The van der Waals surface area contributed by atoms with Gasteiger partial charge in [0.1, 0.15) is 0 Å². The summed E-state index contributed by atoms with van der Waals surface area (Å²) in [6.07, 6.45) is 1.12. The molecule has 3 rings (SSSR count). The summed E-state index contributed by atoms with van der Waals surface area (Å²) < 4.78 is 0. The molecule has 2 aromatic rings. The molecule has 0 aromatic heterocycles. The molecular weight excluding hydrogens is 342 g/mol. The number of nitrogens with one attached hydrogen (secondary N) is 1. The topological polar surface area (TPSA) is 69.7 Å². The molecule has 0 spiro atoms. The SMILES string of the molecule is CC(=O)Nc1ccc(N(CCC(=O)N2CCc3ccccc32)C(C)=O)cc1. The lowest BCUT2D eigenvalue weighted by molar-refractivity contribution is -0.119. The summed E-state index contributed by atoms with van der Waals surface area (Å²) in [5.74, 6) is -0.263. The molecule has 6 nitrogen and oxygen atoms in total. The average Bonchev–Trinajstić information content (AvgIpc) is 3.06. The van der Waals surface area contributed by atoms with Crippen molar-refractivity contribution in [2.75, 3.05) is 28.2 Å². The smallest absolute Gasteiger partial charge is 0.228 e. The Morgan fingerprint density at radius 2 is 1.74 bits per heavy atom. The summed E-state index contributed by atoms with van der Waals surface area (Å²) in [4.78, 5) is 39.2. The molecule has 140 valence electrons. The maximum absolute atomic E-state index is 12.7. The van der Waals surface area contributed by atoms with Gasteiger partial charge in [-0.05, 0) is 42.3 Å². The third-order valence-electron chi connectivity index (χ3n) is 4.62. The van der Waals surface area contributed by atoms with Crippen molar-refractivity contribution in [3.8, 4) is 0 Å². The first-order valence-corrected chi connectivity index (χ1v) is 9.00. The fraction of sp³-hybridized carbons (Fsp3) is 0.286. The van der Waals surface area contributed by atoms with Crippen LogP contribution in [0.4, 0.5) is 17.1 Å². The third kappa shape index (κ3) is 4.34. The lowest BCUT2D eigenvalue weighted by Crippen LogP contribution is -2.35. The maximum Gasteiger partial charge on any atom is 0.228 e. The monoisotopic (exact) mass is 365 g/mol. The van der Waals surface area contributed by atoms with Crippen molar-refractivity contribution in [1.29, 1.82) is 0 Å². The molecule has 0 saturated carbocycles. The highest BCUT2D eigenvalue weighted by atomic mass is 16.2. The summed E-state index contributed by atoms with van der Waals surface area (Å²) in [5.41, 5.74) is 3.52. The van der Waals surface area contributed by atoms with E-state index in [2.05, 4.69) is 5.32 Å². The second-order valence-corrected chi connectivity index (χ2v) is 6.57. The number of carbonyl (C=O) groups excluding carboxylic acids is 3. The molecule has 3 amide bonds. The van der Waals surface area contributed by atoms with Crippen molar-refractivity contribution in [3.63, 3.8) is 0 Å². The van der Waals surface area contributed by atoms with Crippen LogP contribution in [0.2, 0.25) is 0 Å². The molecular formula is C21H23N3O3. The highest BCUT2D eigenvalue weighted by Gasteiger charge is 2.24. The van der Waals surface area contributed by atoms with Gasteiger partial charge >= 0.3 is 0 Å². The molecule has 1 N–H and O–H groups in total. The third-order valence-corrected chi connectivity index (χ3v) is 4.62. The maximum atomic E-state index is 12.7. The quantitative estimate of drug-likeness (QED) is 0.886. The number of hydrogen-bond donors (Lipinski definition) is 1. The largest absolute Gasteiger partial charge is 0.326 e. The first kappa shape index (κ1) is 18.6. The van der Waals surface area contributed by atoms with E-state index in [9.17, 15) is 14.4 Å². The number of para-hydroxylation sites is 1. The molecule has 0 fully saturated rings. The van der Waals surface area contributed by atoms with Crippen LogP contribution in [0.3, 0.4) is 0 Å². The summed E-state index contributed by atoms with van der Waals surface area (Å²) in [6, 6.07) is 14.9. The Labute approximate surface area is 158 Å². The lowest BCUT2D eigenvalue weighted by atomic mass is 10.2. The summed E-state index contributed by atoms with van der Waals surface area (Å²) >= 11 is 0. The second kappa shape index (κ2) is 8.03. The zero-order chi connectivity index (χ0) is 19.4. The van der Waals surface area contributed by atoms with E-state index in [4.69, 9.17) is 0 Å². The number of anilines is 3. The number of fused-ring (bicyclic) bond motifs is 1. The van der Waals surface area contributed by atoms with E-state index in [0.717, 1.165) is 12.1 Å². The van der Waals surface area contributed by atoms with E-state index in [0.29, 0.717) is 24.5 Å². The van der Waals surface area contributed by atoms with Gasteiger partial charge in [-0.3, -0.25) is 14.4 Å². The minimum absolute atomic E-state index is 0.0149. The fourth-order valence-electron chi connectivity index (χ4n) is 3.34. The Kier molecular flexibility index (Phi) is 5.54. The average molecular weight is 365 g/mol. The van der Waals surface area contributed by atoms with Gasteiger partial charge in [0.25, 0.3) is 0 Å². The normalized spacial score (nSPS) is 12.4. The Balaban J connectivity index is 1.66. The Morgan fingerprint density at radius 3 is 2.41 bits per heavy atom. The van der Waals surface area contributed by atoms with E-state index < -0.39 is 0 Å². The van der Waals surface area contributed by atoms with Crippen LogP contribution in [-0.2, 0) is 20.8 Å². The summed E-state index contributed by atoms with van der Waals surface area (Å²) in [6.45, 7) is 3.92. The Morgan fingerprint density at radius 1 is 1.04 bits per heavy atom. The van der Waals surface area contributed by atoms with Crippen LogP contribution in [-0.4, -0.2) is 30.8 Å². The number of hydrogen-bond acceptors (Lipinski definition) is 3. The molecule has 0 bridgehead atoms. The summed E-state index contributed by atoms with van der Waals surface area (Å²) in [5, 5.41) is 2.69. The standard InChI is InChI=1S/C21H23N3O3/c1-15(25)22-18-7-9-19(10-8-18)23(16(2)26)14-12-21(27)24-13-11-17-5-3-4-6-20(17)24/h3-10H,11-14H2,1-2H3,(H,22,25). The molecule has 1 aliphatic rings. The number of rotatable bonds is 5. The molecule has 6 heteroatoms. The Bertz CT molecular complexity index is 861. The highest BCUT2D eigenvalue weighted by molar-refractivity contribution is 5.97. The van der Waals surface area contributed by atoms with Gasteiger partial charge in [-0.1, -0.05) is 18.2 Å². The molecule has 0 atom stereocenters. The van der Waals surface area contributed by atoms with Crippen molar-refractivity contribution in [3.05, 3.63) is 54.1 Å². The van der Waals surface area contributed by atoms with Crippen molar-refractivity contribution >= 4 is 34.8 Å². The molecule has 1 heterocycles. The van der Waals surface area contributed by atoms with Crippen LogP contribution in [0, 0.1) is 0 Å². The molecule has 0 saturated heterocycles. The zero-order valence-electron chi connectivity index (χ0n) is 15.6. The predicted molar refractivity (Wildman–Crippen MR) is 106 cm³/mol. The van der Waals surface area contributed by atoms with Gasteiger partial charge in [0.05, 0.1) is 0 Å². The lowest BCUT2D eigenvalue weighted by Gasteiger charge is -2.23. The second-order valence-electron chi connectivity index (χ2n) is 6.57. The van der Waals surface area contributed by atoms with Gasteiger partial charge < -0.3 is 15.1 Å². The van der Waals surface area contributed by atoms with E-state index in [1.54, 1.807) is 34.1 Å². The van der Waals surface area contributed by atoms with Crippen molar-refractivity contribution in [2.45, 2.75) is 26.7 Å². The highest BCUT2D eigenvalue weighted by Crippen LogP contribution is 2.28. The van der Waals surface area contributed by atoms with Crippen molar-refractivity contribution in [1.82, 2.24) is 0 Å². The first-order valence-electron chi connectivity index (χ1n) is 9.00. The first-order chi connectivity index (χ1) is 13.0. The van der Waals surface area contributed by atoms with Crippen molar-refractivity contribution < 1.29 is 14.4 Å². The van der Waals surface area contributed by atoms with Gasteiger partial charge in [0, 0.05) is 50.4 Å². The van der Waals surface area contributed by atoms with E-state index >= 15 is 0 Å². The molecule has 0 unspecified atom stereocenters. The van der Waals surface area contributed by atoms with Gasteiger partial charge in [-0.25, -0.2) is 0 Å². The van der Waals surface area contributed by atoms with Gasteiger partial charge in [0.15, 0.2) is 0 Å². The van der Waals surface area contributed by atoms with Crippen LogP contribution < -0.4 is 15.1 Å². The zero-order valence-corrected chi connectivity index (χ0v) is 15.6. The minimum atomic E-state index is -0.150. The minimum Gasteiger partial charge on any atom is -0.326 e. The van der Waals surface area contributed by atoms with E-state index in [-0.39, 0.29) is 24.1 Å². The van der Waals surface area contributed by atoms with Gasteiger partial charge in [-0.15, -0.1) is 0 Å². The van der Waals surface area contributed by atoms with Crippen LogP contribution in [0.15, 0.2) is 48.5 Å².